The summed E-state index contributed by atoms with van der Waals surface area (Å²) >= 11 is 0. The van der Waals surface area contributed by atoms with E-state index >= 15 is 0 Å². The maximum atomic E-state index is 12.6. The van der Waals surface area contributed by atoms with Crippen LogP contribution in [0.4, 0.5) is 13.2 Å². The fourth-order valence-electron chi connectivity index (χ4n) is 1.82. The van der Waals surface area contributed by atoms with E-state index in [4.69, 9.17) is 10.5 Å². The normalized spacial score (nSPS) is 11.4. The molecule has 0 aliphatic heterocycles. The van der Waals surface area contributed by atoms with Crippen molar-refractivity contribution in [3.63, 3.8) is 0 Å². The average Bonchev–Trinajstić information content (AvgIpc) is 2.38. The Kier molecular flexibility index (Phi) is 3.99. The van der Waals surface area contributed by atoms with Crippen molar-refractivity contribution in [2.24, 2.45) is 5.73 Å². The van der Waals surface area contributed by atoms with Crippen LogP contribution in [0.15, 0.2) is 42.5 Å². The molecule has 2 aromatic rings. The van der Waals surface area contributed by atoms with Crippen LogP contribution in [0.2, 0.25) is 0 Å². The minimum Gasteiger partial charge on any atom is -0.457 e. The molecular formula is C15H14F3NO. The standard InChI is InChI=1S/C15H14F3NO/c1-10-3-2-4-13(7-10)20-14-6-5-12(15(16,17)18)8-11(14)9-19/h2-8H,9,19H2,1H3. The summed E-state index contributed by atoms with van der Waals surface area (Å²) < 4.78 is 43.5. The number of benzene rings is 2. The lowest BCUT2D eigenvalue weighted by Gasteiger charge is -2.13. The van der Waals surface area contributed by atoms with Crippen molar-refractivity contribution >= 4 is 0 Å². The SMILES string of the molecule is Cc1cccc(Oc2ccc(C(F)(F)F)cc2CN)c1. The van der Waals surface area contributed by atoms with Crippen LogP contribution < -0.4 is 10.5 Å². The molecule has 5 heteroatoms. The Hall–Kier alpha value is -2.01. The van der Waals surface area contributed by atoms with E-state index in [2.05, 4.69) is 0 Å². The van der Waals surface area contributed by atoms with Gasteiger partial charge in [0.1, 0.15) is 11.5 Å². The van der Waals surface area contributed by atoms with Crippen molar-refractivity contribution < 1.29 is 17.9 Å². The molecule has 0 fully saturated rings. The molecule has 0 saturated heterocycles. The first-order chi connectivity index (χ1) is 9.40. The summed E-state index contributed by atoms with van der Waals surface area (Å²) in [4.78, 5) is 0. The van der Waals surface area contributed by atoms with Gasteiger partial charge in [0.2, 0.25) is 0 Å². The quantitative estimate of drug-likeness (QED) is 0.912. The Labute approximate surface area is 115 Å². The van der Waals surface area contributed by atoms with E-state index in [1.165, 1.54) is 6.07 Å². The zero-order chi connectivity index (χ0) is 14.8. The number of hydrogen-bond donors (Lipinski definition) is 1. The molecule has 2 rings (SSSR count). The second-order valence-corrected chi connectivity index (χ2v) is 4.44. The summed E-state index contributed by atoms with van der Waals surface area (Å²) in [5.74, 6) is 0.908. The molecule has 0 saturated carbocycles. The van der Waals surface area contributed by atoms with Crippen molar-refractivity contribution in [1.29, 1.82) is 0 Å². The highest BCUT2D eigenvalue weighted by molar-refractivity contribution is 5.41. The molecule has 2 N–H and O–H groups in total. The van der Waals surface area contributed by atoms with Gasteiger partial charge in [0, 0.05) is 12.1 Å². The number of rotatable bonds is 3. The van der Waals surface area contributed by atoms with Gasteiger partial charge in [-0.3, -0.25) is 0 Å². The van der Waals surface area contributed by atoms with Gasteiger partial charge in [-0.2, -0.15) is 13.2 Å². The lowest BCUT2D eigenvalue weighted by molar-refractivity contribution is -0.137. The van der Waals surface area contributed by atoms with Crippen LogP contribution in [0.5, 0.6) is 11.5 Å². The summed E-state index contributed by atoms with van der Waals surface area (Å²) in [7, 11) is 0. The molecular weight excluding hydrogens is 267 g/mol. The first-order valence-corrected chi connectivity index (χ1v) is 6.05. The summed E-state index contributed by atoms with van der Waals surface area (Å²) in [6.07, 6.45) is -4.38. The Balaban J connectivity index is 2.33. The second kappa shape index (κ2) is 5.54. The molecule has 0 aliphatic rings. The zero-order valence-electron chi connectivity index (χ0n) is 10.9. The third kappa shape index (κ3) is 3.30. The smallest absolute Gasteiger partial charge is 0.416 e. The van der Waals surface area contributed by atoms with Gasteiger partial charge in [0.25, 0.3) is 0 Å². The predicted octanol–water partition coefficient (Wildman–Crippen LogP) is 4.26. The largest absolute Gasteiger partial charge is 0.457 e. The number of aryl methyl sites for hydroxylation is 1. The molecule has 0 bridgehead atoms. The summed E-state index contributed by atoms with van der Waals surface area (Å²) in [6.45, 7) is 1.88. The maximum absolute atomic E-state index is 12.6. The van der Waals surface area contributed by atoms with Crippen LogP contribution in [-0.2, 0) is 12.7 Å². The van der Waals surface area contributed by atoms with E-state index in [0.29, 0.717) is 17.1 Å². The Morgan fingerprint density at radius 1 is 1.10 bits per heavy atom. The fraction of sp³-hybridized carbons (Fsp3) is 0.200. The lowest BCUT2D eigenvalue weighted by atomic mass is 10.1. The Morgan fingerprint density at radius 3 is 2.45 bits per heavy atom. The zero-order valence-corrected chi connectivity index (χ0v) is 10.9. The lowest BCUT2D eigenvalue weighted by Crippen LogP contribution is -2.08. The number of hydrogen-bond acceptors (Lipinski definition) is 2. The van der Waals surface area contributed by atoms with Gasteiger partial charge in [-0.05, 0) is 42.8 Å². The van der Waals surface area contributed by atoms with Crippen LogP contribution in [0.25, 0.3) is 0 Å². The maximum Gasteiger partial charge on any atom is 0.416 e. The molecule has 0 spiro atoms. The first-order valence-electron chi connectivity index (χ1n) is 6.05. The second-order valence-electron chi connectivity index (χ2n) is 4.44. The fourth-order valence-corrected chi connectivity index (χ4v) is 1.82. The van der Waals surface area contributed by atoms with Crippen LogP contribution in [0.1, 0.15) is 16.7 Å². The Morgan fingerprint density at radius 2 is 1.85 bits per heavy atom. The molecule has 2 nitrogen and oxygen atoms in total. The predicted molar refractivity (Wildman–Crippen MR) is 70.6 cm³/mol. The highest BCUT2D eigenvalue weighted by atomic mass is 19.4. The molecule has 0 unspecified atom stereocenters. The van der Waals surface area contributed by atoms with Crippen molar-refractivity contribution in [3.8, 4) is 11.5 Å². The third-order valence-electron chi connectivity index (χ3n) is 2.83. The number of ether oxygens (including phenoxy) is 1. The van der Waals surface area contributed by atoms with Gasteiger partial charge in [0.15, 0.2) is 0 Å². The Bertz CT molecular complexity index is 608. The molecule has 0 amide bonds. The van der Waals surface area contributed by atoms with Gasteiger partial charge in [-0.15, -0.1) is 0 Å². The van der Waals surface area contributed by atoms with Crippen LogP contribution >= 0.6 is 0 Å². The monoisotopic (exact) mass is 281 g/mol. The minimum absolute atomic E-state index is 0.0227. The van der Waals surface area contributed by atoms with Crippen molar-refractivity contribution in [2.45, 2.75) is 19.6 Å². The summed E-state index contributed by atoms with van der Waals surface area (Å²) in [6, 6.07) is 10.6. The highest BCUT2D eigenvalue weighted by Gasteiger charge is 2.31. The van der Waals surface area contributed by atoms with Crippen LogP contribution in [-0.4, -0.2) is 0 Å². The van der Waals surface area contributed by atoms with E-state index in [9.17, 15) is 13.2 Å². The molecule has 0 heterocycles. The molecule has 2 aromatic carbocycles. The first kappa shape index (κ1) is 14.4. The molecule has 0 radical (unpaired) electrons. The topological polar surface area (TPSA) is 35.2 Å². The third-order valence-corrected chi connectivity index (χ3v) is 2.83. The van der Waals surface area contributed by atoms with E-state index in [1.54, 1.807) is 12.1 Å². The molecule has 0 atom stereocenters. The van der Waals surface area contributed by atoms with Gasteiger partial charge < -0.3 is 10.5 Å². The van der Waals surface area contributed by atoms with Gasteiger partial charge in [0.05, 0.1) is 5.56 Å². The van der Waals surface area contributed by atoms with Crippen molar-refractivity contribution in [1.82, 2.24) is 0 Å². The van der Waals surface area contributed by atoms with Gasteiger partial charge in [-0.1, -0.05) is 12.1 Å². The molecule has 0 aliphatic carbocycles. The molecule has 0 aromatic heterocycles. The van der Waals surface area contributed by atoms with Crippen LogP contribution in [0.3, 0.4) is 0 Å². The number of halogens is 3. The van der Waals surface area contributed by atoms with E-state index in [-0.39, 0.29) is 6.54 Å². The summed E-state index contributed by atoms with van der Waals surface area (Å²) in [5, 5.41) is 0. The minimum atomic E-state index is -4.38. The van der Waals surface area contributed by atoms with E-state index in [0.717, 1.165) is 17.7 Å². The number of nitrogens with two attached hydrogens (primary N) is 1. The number of alkyl halides is 3. The van der Waals surface area contributed by atoms with Crippen molar-refractivity contribution in [3.05, 3.63) is 59.2 Å². The van der Waals surface area contributed by atoms with Gasteiger partial charge >= 0.3 is 6.18 Å². The highest BCUT2D eigenvalue weighted by Crippen LogP contribution is 2.34. The molecule has 106 valence electrons. The van der Waals surface area contributed by atoms with Gasteiger partial charge in [-0.25, -0.2) is 0 Å². The summed E-state index contributed by atoms with van der Waals surface area (Å²) in [5.41, 5.74) is 6.10. The van der Waals surface area contributed by atoms with E-state index in [1.807, 2.05) is 19.1 Å². The van der Waals surface area contributed by atoms with Crippen LogP contribution in [0, 0.1) is 6.92 Å². The average molecular weight is 281 g/mol. The van der Waals surface area contributed by atoms with Crippen molar-refractivity contribution in [2.75, 3.05) is 0 Å². The van der Waals surface area contributed by atoms with E-state index < -0.39 is 11.7 Å². The molecule has 20 heavy (non-hydrogen) atoms.